The molecule has 1 saturated heterocycles. The summed E-state index contributed by atoms with van der Waals surface area (Å²) in [4.78, 5) is 51.9. The summed E-state index contributed by atoms with van der Waals surface area (Å²) >= 11 is 0. The number of nitrogens with one attached hydrogen (secondary N) is 1. The second-order valence-electron chi connectivity index (χ2n) is 5.54. The quantitative estimate of drug-likeness (QED) is 0.752. The van der Waals surface area contributed by atoms with E-state index in [0.717, 1.165) is 5.56 Å². The minimum Gasteiger partial charge on any atom is -0.445 e. The Labute approximate surface area is 145 Å². The number of nitrogens with zero attached hydrogens (tertiary/aromatic N) is 1. The Morgan fingerprint density at radius 1 is 1.16 bits per heavy atom. The molecule has 8 nitrogen and oxygen atoms in total. The highest BCUT2D eigenvalue weighted by Crippen LogP contribution is 2.13. The third-order valence-electron chi connectivity index (χ3n) is 3.55. The molecular weight excluding hydrogens is 328 g/mol. The van der Waals surface area contributed by atoms with Gasteiger partial charge in [0, 0.05) is 12.8 Å². The lowest BCUT2D eigenvalue weighted by atomic mass is 10.2. The van der Waals surface area contributed by atoms with Crippen LogP contribution < -0.4 is 5.32 Å². The SMILES string of the molecule is CCC[C@@H](NC(=O)OCc1ccccc1)C(=O)ON1C(=O)CCC1=O. The van der Waals surface area contributed by atoms with Crippen LogP contribution in [-0.4, -0.2) is 35.0 Å². The summed E-state index contributed by atoms with van der Waals surface area (Å²) < 4.78 is 5.06. The van der Waals surface area contributed by atoms with Gasteiger partial charge in [-0.3, -0.25) is 9.59 Å². The first-order valence-corrected chi connectivity index (χ1v) is 8.06. The second-order valence-corrected chi connectivity index (χ2v) is 5.54. The van der Waals surface area contributed by atoms with Gasteiger partial charge >= 0.3 is 12.1 Å². The molecule has 0 bridgehead atoms. The van der Waals surface area contributed by atoms with E-state index in [1.165, 1.54) is 0 Å². The highest BCUT2D eigenvalue weighted by molar-refractivity contribution is 6.01. The van der Waals surface area contributed by atoms with Gasteiger partial charge in [0.25, 0.3) is 11.8 Å². The molecule has 1 aliphatic rings. The van der Waals surface area contributed by atoms with E-state index in [-0.39, 0.29) is 25.9 Å². The molecule has 0 unspecified atom stereocenters. The van der Waals surface area contributed by atoms with Gasteiger partial charge in [-0.2, -0.15) is 0 Å². The van der Waals surface area contributed by atoms with Crippen molar-refractivity contribution in [2.24, 2.45) is 0 Å². The number of imide groups is 1. The van der Waals surface area contributed by atoms with Gasteiger partial charge in [-0.05, 0) is 12.0 Å². The largest absolute Gasteiger partial charge is 0.445 e. The monoisotopic (exact) mass is 348 g/mol. The zero-order chi connectivity index (χ0) is 18.2. The van der Waals surface area contributed by atoms with E-state index in [4.69, 9.17) is 9.57 Å². The van der Waals surface area contributed by atoms with E-state index in [1.807, 2.05) is 25.1 Å². The maximum atomic E-state index is 12.2. The number of hydrogen-bond acceptors (Lipinski definition) is 6. The lowest BCUT2D eigenvalue weighted by Gasteiger charge is -2.19. The van der Waals surface area contributed by atoms with E-state index in [0.29, 0.717) is 11.5 Å². The van der Waals surface area contributed by atoms with Crippen molar-refractivity contribution in [2.45, 2.75) is 45.3 Å². The standard InChI is InChI=1S/C17H20N2O6/c1-2-6-13(16(22)25-19-14(20)9-10-15(19)21)18-17(23)24-11-12-7-4-3-5-8-12/h3-5,7-8,13H,2,6,9-11H2,1H3,(H,18,23)/t13-/m1/s1. The number of alkyl carbamates (subject to hydrolysis) is 1. The van der Waals surface area contributed by atoms with Crippen molar-refractivity contribution in [1.82, 2.24) is 10.4 Å². The Balaban J connectivity index is 1.88. The Morgan fingerprint density at radius 3 is 2.40 bits per heavy atom. The molecular formula is C17H20N2O6. The summed E-state index contributed by atoms with van der Waals surface area (Å²) in [6.07, 6.45) is 0.114. The molecule has 1 aromatic rings. The van der Waals surface area contributed by atoms with Crippen LogP contribution in [0.15, 0.2) is 30.3 Å². The number of carbonyl (C=O) groups excluding carboxylic acids is 4. The first-order valence-electron chi connectivity index (χ1n) is 8.06. The molecule has 1 aliphatic heterocycles. The van der Waals surface area contributed by atoms with Crippen LogP contribution >= 0.6 is 0 Å². The molecule has 0 saturated carbocycles. The topological polar surface area (TPSA) is 102 Å². The van der Waals surface area contributed by atoms with E-state index >= 15 is 0 Å². The van der Waals surface area contributed by atoms with Crippen LogP contribution in [0.5, 0.6) is 0 Å². The van der Waals surface area contributed by atoms with Crippen molar-refractivity contribution < 1.29 is 28.8 Å². The molecule has 1 fully saturated rings. The maximum absolute atomic E-state index is 12.2. The molecule has 0 spiro atoms. The van der Waals surface area contributed by atoms with Crippen LogP contribution in [0.1, 0.15) is 38.2 Å². The first kappa shape index (κ1) is 18.4. The maximum Gasteiger partial charge on any atom is 0.408 e. The van der Waals surface area contributed by atoms with E-state index in [2.05, 4.69) is 5.32 Å². The smallest absolute Gasteiger partial charge is 0.408 e. The normalized spacial score (nSPS) is 15.0. The van der Waals surface area contributed by atoms with Gasteiger partial charge in [0.2, 0.25) is 0 Å². The van der Waals surface area contributed by atoms with Crippen LogP contribution in [0.4, 0.5) is 4.79 Å². The zero-order valence-electron chi connectivity index (χ0n) is 13.9. The van der Waals surface area contributed by atoms with Crippen LogP contribution in [-0.2, 0) is 30.6 Å². The van der Waals surface area contributed by atoms with Crippen molar-refractivity contribution in [3.05, 3.63) is 35.9 Å². The lowest BCUT2D eigenvalue weighted by molar-refractivity contribution is -0.199. The van der Waals surface area contributed by atoms with Crippen LogP contribution in [0.2, 0.25) is 0 Å². The number of ether oxygens (including phenoxy) is 1. The van der Waals surface area contributed by atoms with Crippen molar-refractivity contribution >= 4 is 23.9 Å². The molecule has 8 heteroatoms. The summed E-state index contributed by atoms with van der Waals surface area (Å²) in [6, 6.07) is 8.08. The summed E-state index contributed by atoms with van der Waals surface area (Å²) in [7, 11) is 0. The fraction of sp³-hybridized carbons (Fsp3) is 0.412. The van der Waals surface area contributed by atoms with Crippen molar-refractivity contribution in [3.8, 4) is 0 Å². The number of amides is 3. The summed E-state index contributed by atoms with van der Waals surface area (Å²) in [5, 5.41) is 2.87. The van der Waals surface area contributed by atoms with E-state index < -0.39 is 29.9 Å². The lowest BCUT2D eigenvalue weighted by Crippen LogP contribution is -2.45. The fourth-order valence-electron chi connectivity index (χ4n) is 2.26. The molecule has 134 valence electrons. The second kappa shape index (κ2) is 8.81. The Bertz CT molecular complexity index is 630. The highest BCUT2D eigenvalue weighted by Gasteiger charge is 2.35. The third kappa shape index (κ3) is 5.30. The number of hydroxylamine groups is 2. The summed E-state index contributed by atoms with van der Waals surface area (Å²) in [6.45, 7) is 1.88. The van der Waals surface area contributed by atoms with Crippen molar-refractivity contribution in [2.75, 3.05) is 0 Å². The molecule has 0 aliphatic carbocycles. The number of rotatable bonds is 7. The minimum atomic E-state index is -1.01. The number of benzene rings is 1. The molecule has 0 radical (unpaired) electrons. The predicted octanol–water partition coefficient (Wildman–Crippen LogP) is 1.69. The average molecular weight is 348 g/mol. The molecule has 1 N–H and O–H groups in total. The molecule has 0 aromatic heterocycles. The molecule has 3 amide bonds. The fourth-order valence-corrected chi connectivity index (χ4v) is 2.26. The van der Waals surface area contributed by atoms with E-state index in [1.54, 1.807) is 12.1 Å². The van der Waals surface area contributed by atoms with Crippen LogP contribution in [0.25, 0.3) is 0 Å². The first-order chi connectivity index (χ1) is 12.0. The van der Waals surface area contributed by atoms with Crippen molar-refractivity contribution in [3.63, 3.8) is 0 Å². The predicted molar refractivity (Wildman–Crippen MR) is 85.6 cm³/mol. The Morgan fingerprint density at radius 2 is 1.80 bits per heavy atom. The van der Waals surface area contributed by atoms with Gasteiger partial charge in [-0.25, -0.2) is 9.59 Å². The summed E-state index contributed by atoms with van der Waals surface area (Å²) in [5.41, 5.74) is 0.806. The van der Waals surface area contributed by atoms with Gasteiger partial charge in [0.15, 0.2) is 0 Å². The van der Waals surface area contributed by atoms with Gasteiger partial charge in [0.1, 0.15) is 12.6 Å². The van der Waals surface area contributed by atoms with Gasteiger partial charge < -0.3 is 14.9 Å². The molecule has 1 aromatic carbocycles. The van der Waals surface area contributed by atoms with Crippen molar-refractivity contribution in [1.29, 1.82) is 0 Å². The van der Waals surface area contributed by atoms with Gasteiger partial charge in [-0.15, -0.1) is 5.06 Å². The molecule has 25 heavy (non-hydrogen) atoms. The molecule has 1 heterocycles. The Hall–Kier alpha value is -2.90. The number of hydrogen-bond donors (Lipinski definition) is 1. The van der Waals surface area contributed by atoms with Crippen LogP contribution in [0, 0.1) is 0 Å². The average Bonchev–Trinajstić information content (AvgIpc) is 2.92. The van der Waals surface area contributed by atoms with E-state index in [9.17, 15) is 19.2 Å². The van der Waals surface area contributed by atoms with Crippen LogP contribution in [0.3, 0.4) is 0 Å². The Kier molecular flexibility index (Phi) is 6.50. The minimum absolute atomic E-state index is 0.0110. The summed E-state index contributed by atoms with van der Waals surface area (Å²) in [5.74, 6) is -2.01. The zero-order valence-corrected chi connectivity index (χ0v) is 13.9. The third-order valence-corrected chi connectivity index (χ3v) is 3.55. The number of carbonyl (C=O) groups is 4. The molecule has 1 atom stereocenters. The highest BCUT2D eigenvalue weighted by atomic mass is 16.7. The van der Waals surface area contributed by atoms with Gasteiger partial charge in [0.05, 0.1) is 0 Å². The molecule has 2 rings (SSSR count). The van der Waals surface area contributed by atoms with Gasteiger partial charge in [-0.1, -0.05) is 43.7 Å².